The lowest BCUT2D eigenvalue weighted by Crippen LogP contribution is -2.50. The minimum atomic E-state index is 0. The van der Waals surface area contributed by atoms with E-state index in [1.165, 1.54) is 44.9 Å². The van der Waals surface area contributed by atoms with E-state index in [9.17, 15) is 4.79 Å². The average molecular weight is 287 g/mol. The molecule has 1 aliphatic carbocycles. The van der Waals surface area contributed by atoms with Crippen LogP contribution < -0.4 is 5.32 Å². The van der Waals surface area contributed by atoms with Gasteiger partial charge in [-0.15, -0.1) is 12.4 Å². The van der Waals surface area contributed by atoms with Crippen LogP contribution in [-0.2, 0) is 4.79 Å². The molecule has 2 saturated heterocycles. The standard InChI is InChI=1S/C15H26N2O.ClH/c1-17(15(18)11-5-3-2-4-6-11)14-9-12-7-8-13(10-14)16-12;/h11-14,16H,2-10H2,1H3;1H. The normalized spacial score (nSPS) is 34.7. The van der Waals surface area contributed by atoms with Crippen LogP contribution in [0.5, 0.6) is 0 Å². The zero-order valence-electron chi connectivity index (χ0n) is 11.9. The summed E-state index contributed by atoms with van der Waals surface area (Å²) in [6, 6.07) is 1.85. The van der Waals surface area contributed by atoms with Gasteiger partial charge in [0, 0.05) is 31.1 Å². The van der Waals surface area contributed by atoms with Crippen molar-refractivity contribution in [1.29, 1.82) is 0 Å². The van der Waals surface area contributed by atoms with E-state index in [4.69, 9.17) is 0 Å². The summed E-state index contributed by atoms with van der Waals surface area (Å²) in [6.45, 7) is 0. The third-order valence-electron chi connectivity index (χ3n) is 5.30. The molecule has 2 bridgehead atoms. The summed E-state index contributed by atoms with van der Waals surface area (Å²) in [5.74, 6) is 0.761. The molecule has 0 aromatic rings. The summed E-state index contributed by atoms with van der Waals surface area (Å²) in [7, 11) is 2.05. The van der Waals surface area contributed by atoms with Gasteiger partial charge in [0.2, 0.25) is 5.91 Å². The maximum absolute atomic E-state index is 12.5. The lowest BCUT2D eigenvalue weighted by molar-refractivity contribution is -0.138. The van der Waals surface area contributed by atoms with Crippen LogP contribution in [0.3, 0.4) is 0 Å². The Bertz CT molecular complexity index is 305. The fraction of sp³-hybridized carbons (Fsp3) is 0.933. The molecule has 0 aromatic heterocycles. The summed E-state index contributed by atoms with van der Waals surface area (Å²) in [5, 5.41) is 3.66. The number of hydrogen-bond donors (Lipinski definition) is 1. The minimum absolute atomic E-state index is 0. The van der Waals surface area contributed by atoms with Crippen molar-refractivity contribution in [2.45, 2.75) is 75.9 Å². The fourth-order valence-corrected chi connectivity index (χ4v) is 4.16. The number of piperidine rings is 1. The van der Waals surface area contributed by atoms with Gasteiger partial charge in [0.25, 0.3) is 0 Å². The van der Waals surface area contributed by atoms with Gasteiger partial charge in [0.1, 0.15) is 0 Å². The number of amides is 1. The third kappa shape index (κ3) is 3.25. The molecule has 1 saturated carbocycles. The molecule has 2 heterocycles. The van der Waals surface area contributed by atoms with Crippen molar-refractivity contribution in [2.75, 3.05) is 7.05 Å². The topological polar surface area (TPSA) is 32.3 Å². The van der Waals surface area contributed by atoms with E-state index in [0.29, 0.717) is 30.0 Å². The molecular weight excluding hydrogens is 260 g/mol. The van der Waals surface area contributed by atoms with Gasteiger partial charge in [-0.25, -0.2) is 0 Å². The molecule has 2 atom stereocenters. The molecule has 0 spiro atoms. The van der Waals surface area contributed by atoms with Crippen molar-refractivity contribution < 1.29 is 4.79 Å². The molecule has 3 nitrogen and oxygen atoms in total. The Morgan fingerprint density at radius 3 is 2.16 bits per heavy atom. The molecule has 110 valence electrons. The molecule has 0 aromatic carbocycles. The third-order valence-corrected chi connectivity index (χ3v) is 5.30. The van der Waals surface area contributed by atoms with Gasteiger partial charge in [-0.3, -0.25) is 4.79 Å². The molecule has 4 heteroatoms. The first-order valence-electron chi connectivity index (χ1n) is 7.77. The second kappa shape index (κ2) is 6.45. The van der Waals surface area contributed by atoms with Crippen LogP contribution in [0.2, 0.25) is 0 Å². The highest BCUT2D eigenvalue weighted by molar-refractivity contribution is 5.85. The second-order valence-corrected chi connectivity index (χ2v) is 6.55. The monoisotopic (exact) mass is 286 g/mol. The van der Waals surface area contributed by atoms with E-state index < -0.39 is 0 Å². The van der Waals surface area contributed by atoms with Gasteiger partial charge in [-0.05, 0) is 38.5 Å². The van der Waals surface area contributed by atoms with Crippen LogP contribution in [0, 0.1) is 5.92 Å². The zero-order valence-corrected chi connectivity index (χ0v) is 12.8. The second-order valence-electron chi connectivity index (χ2n) is 6.55. The van der Waals surface area contributed by atoms with Crippen molar-refractivity contribution in [3.8, 4) is 0 Å². The Labute approximate surface area is 122 Å². The first-order valence-corrected chi connectivity index (χ1v) is 7.77. The predicted octanol–water partition coefficient (Wildman–Crippen LogP) is 2.73. The highest BCUT2D eigenvalue weighted by atomic mass is 35.5. The quantitative estimate of drug-likeness (QED) is 0.846. The Morgan fingerprint density at radius 1 is 1.00 bits per heavy atom. The molecule has 1 amide bonds. The molecule has 2 aliphatic heterocycles. The van der Waals surface area contributed by atoms with Crippen LogP contribution in [0.1, 0.15) is 57.8 Å². The maximum atomic E-state index is 12.5. The largest absolute Gasteiger partial charge is 0.342 e. The van der Waals surface area contributed by atoms with E-state index >= 15 is 0 Å². The van der Waals surface area contributed by atoms with Crippen molar-refractivity contribution in [3.63, 3.8) is 0 Å². The maximum Gasteiger partial charge on any atom is 0.225 e. The smallest absolute Gasteiger partial charge is 0.225 e. The van der Waals surface area contributed by atoms with Crippen molar-refractivity contribution in [3.05, 3.63) is 0 Å². The number of nitrogens with zero attached hydrogens (tertiary/aromatic N) is 1. The Morgan fingerprint density at radius 2 is 1.58 bits per heavy atom. The summed E-state index contributed by atoms with van der Waals surface area (Å²) in [5.41, 5.74) is 0. The van der Waals surface area contributed by atoms with Crippen LogP contribution in [0.25, 0.3) is 0 Å². The van der Waals surface area contributed by atoms with Crippen LogP contribution in [0.4, 0.5) is 0 Å². The van der Waals surface area contributed by atoms with Crippen LogP contribution >= 0.6 is 12.4 Å². The van der Waals surface area contributed by atoms with Crippen molar-refractivity contribution in [2.24, 2.45) is 5.92 Å². The van der Waals surface area contributed by atoms with Gasteiger partial charge in [-0.1, -0.05) is 19.3 Å². The molecule has 1 N–H and O–H groups in total. The Hall–Kier alpha value is -0.280. The summed E-state index contributed by atoms with van der Waals surface area (Å²) in [6.07, 6.45) is 11.0. The van der Waals surface area contributed by atoms with Gasteiger partial charge in [0.05, 0.1) is 0 Å². The van der Waals surface area contributed by atoms with Gasteiger partial charge in [-0.2, -0.15) is 0 Å². The number of halogens is 1. The zero-order chi connectivity index (χ0) is 12.5. The van der Waals surface area contributed by atoms with Gasteiger partial charge >= 0.3 is 0 Å². The number of carbonyl (C=O) groups excluding carboxylic acids is 1. The van der Waals surface area contributed by atoms with Crippen molar-refractivity contribution >= 4 is 18.3 Å². The van der Waals surface area contributed by atoms with Gasteiger partial charge < -0.3 is 10.2 Å². The Kier molecular flexibility index (Phi) is 5.13. The SMILES string of the molecule is CN(C(=O)C1CCCCC1)C1CC2CCC(C1)N2.Cl. The number of rotatable bonds is 2. The van der Waals surface area contributed by atoms with Crippen LogP contribution in [0.15, 0.2) is 0 Å². The summed E-state index contributed by atoms with van der Waals surface area (Å²) in [4.78, 5) is 14.6. The summed E-state index contributed by atoms with van der Waals surface area (Å²) < 4.78 is 0. The molecule has 3 rings (SSSR count). The van der Waals surface area contributed by atoms with Gasteiger partial charge in [0.15, 0.2) is 0 Å². The molecule has 3 fully saturated rings. The molecule has 3 aliphatic rings. The highest BCUT2D eigenvalue weighted by Gasteiger charge is 2.37. The lowest BCUT2D eigenvalue weighted by atomic mass is 9.87. The molecular formula is C15H27ClN2O. The highest BCUT2D eigenvalue weighted by Crippen LogP contribution is 2.31. The first-order chi connectivity index (χ1) is 8.74. The van der Waals surface area contributed by atoms with E-state index in [1.807, 2.05) is 7.05 Å². The fourth-order valence-electron chi connectivity index (χ4n) is 4.16. The number of hydrogen-bond acceptors (Lipinski definition) is 2. The van der Waals surface area contributed by atoms with Crippen LogP contribution in [-0.4, -0.2) is 36.0 Å². The predicted molar refractivity (Wildman–Crippen MR) is 79.6 cm³/mol. The lowest BCUT2D eigenvalue weighted by Gasteiger charge is -2.37. The van der Waals surface area contributed by atoms with Crippen molar-refractivity contribution in [1.82, 2.24) is 10.2 Å². The Balaban J connectivity index is 0.00000133. The number of carbonyl (C=O) groups is 1. The van der Waals surface area contributed by atoms with E-state index in [2.05, 4.69) is 10.2 Å². The molecule has 0 radical (unpaired) electrons. The van der Waals surface area contributed by atoms with E-state index in [-0.39, 0.29) is 12.4 Å². The number of fused-ring (bicyclic) bond motifs is 2. The van der Waals surface area contributed by atoms with E-state index in [1.54, 1.807) is 0 Å². The molecule has 19 heavy (non-hydrogen) atoms. The first kappa shape index (κ1) is 15.1. The minimum Gasteiger partial charge on any atom is -0.342 e. The van der Waals surface area contributed by atoms with E-state index in [0.717, 1.165) is 12.8 Å². The number of nitrogens with one attached hydrogen (secondary N) is 1. The molecule has 2 unspecified atom stereocenters. The summed E-state index contributed by atoms with van der Waals surface area (Å²) >= 11 is 0. The average Bonchev–Trinajstić information content (AvgIpc) is 2.77.